The molecule has 5 unspecified atom stereocenters. The molecular weight excluding hydrogens is 566 g/mol. The molecule has 1 aromatic rings. The molecule has 1 aliphatic carbocycles. The second-order valence-electron chi connectivity index (χ2n) is 12.2. The number of nitrogens with one attached hydrogen (secondary N) is 4. The largest absolute Gasteiger partial charge is 0.380 e. The van der Waals surface area contributed by atoms with Gasteiger partial charge >= 0.3 is 0 Å². The van der Waals surface area contributed by atoms with E-state index in [1.165, 1.54) is 24.6 Å². The first-order chi connectivity index (χ1) is 20.5. The predicted octanol–water partition coefficient (Wildman–Crippen LogP) is 2.64. The molecule has 0 spiro atoms. The van der Waals surface area contributed by atoms with Crippen molar-refractivity contribution >= 4 is 46.8 Å². The molecular formula is C31H43N7O4S. The van der Waals surface area contributed by atoms with Gasteiger partial charge in [0.2, 0.25) is 17.7 Å². The van der Waals surface area contributed by atoms with E-state index in [0.717, 1.165) is 19.6 Å². The first kappa shape index (κ1) is 32.4. The van der Waals surface area contributed by atoms with Crippen LogP contribution >= 0.6 is 11.8 Å². The molecule has 232 valence electrons. The minimum Gasteiger partial charge on any atom is -0.380 e. The van der Waals surface area contributed by atoms with E-state index in [4.69, 9.17) is 0 Å². The Labute approximate surface area is 258 Å². The van der Waals surface area contributed by atoms with E-state index in [0.29, 0.717) is 30.0 Å². The summed E-state index contributed by atoms with van der Waals surface area (Å²) in [7, 11) is 0. The number of hydrogen-bond acceptors (Lipinski definition) is 8. The number of amides is 4. The molecule has 43 heavy (non-hydrogen) atoms. The average Bonchev–Trinajstić information content (AvgIpc) is 3.38. The van der Waals surface area contributed by atoms with Crippen LogP contribution in [-0.2, 0) is 14.4 Å². The second-order valence-corrected chi connectivity index (χ2v) is 13.5. The summed E-state index contributed by atoms with van der Waals surface area (Å²) in [4.78, 5) is 56.1. The minimum absolute atomic E-state index is 0.0965. The first-order valence-corrected chi connectivity index (χ1v) is 15.9. The molecule has 2 aliphatic heterocycles. The summed E-state index contributed by atoms with van der Waals surface area (Å²) in [6.07, 6.45) is 3.90. The maximum atomic E-state index is 13.4. The van der Waals surface area contributed by atoms with Crippen LogP contribution in [0.15, 0.2) is 30.9 Å². The van der Waals surface area contributed by atoms with Gasteiger partial charge in [-0.25, -0.2) is 0 Å². The van der Waals surface area contributed by atoms with Crippen LogP contribution in [0.1, 0.15) is 50.9 Å². The third-order valence-corrected chi connectivity index (χ3v) is 9.74. The molecule has 2 saturated heterocycles. The third kappa shape index (κ3) is 7.51. The smallest absolute Gasteiger partial charge is 0.253 e. The van der Waals surface area contributed by atoms with E-state index in [-0.39, 0.29) is 41.5 Å². The van der Waals surface area contributed by atoms with Gasteiger partial charge in [0.1, 0.15) is 5.37 Å². The first-order valence-electron chi connectivity index (χ1n) is 15.0. The van der Waals surface area contributed by atoms with Crippen molar-refractivity contribution in [2.45, 2.75) is 57.2 Å². The molecule has 2 heterocycles. The molecule has 12 heteroatoms. The van der Waals surface area contributed by atoms with Crippen molar-refractivity contribution in [1.29, 1.82) is 5.26 Å². The highest BCUT2D eigenvalue weighted by Crippen LogP contribution is 2.53. The Bertz CT molecular complexity index is 1280. The standard InChI is InChI=1S/C31H43N7O4S/c1-6-12-33-27(40)21(18-32)29-38(7-2)28(41)23-24(25(23)43-29)35-19-10-11-20(22(17-19)36-30(42)31(3,4)5)26(39)34-13-16-37-14-8-9-15-37/h6,10-11,17,21,23-25,29,35H,1,7-9,12-16H2,2-5H3,(H,33,40)(H,34,39)(H,36,42). The zero-order chi connectivity index (χ0) is 31.3. The van der Waals surface area contributed by atoms with Crippen molar-refractivity contribution in [3.05, 3.63) is 36.4 Å². The molecule has 1 saturated carbocycles. The van der Waals surface area contributed by atoms with Crippen LogP contribution in [0.2, 0.25) is 0 Å². The van der Waals surface area contributed by atoms with Crippen LogP contribution in [0.5, 0.6) is 0 Å². The summed E-state index contributed by atoms with van der Waals surface area (Å²) in [5, 5.41) is 21.1. The van der Waals surface area contributed by atoms with E-state index in [1.54, 1.807) is 49.9 Å². The fraction of sp³-hybridized carbons (Fsp3) is 0.581. The summed E-state index contributed by atoms with van der Waals surface area (Å²) >= 11 is 1.46. The number of carbonyl (C=O) groups is 4. The Kier molecular flexibility index (Phi) is 10.4. The van der Waals surface area contributed by atoms with Gasteiger partial charge < -0.3 is 31.1 Å². The normalized spacial score (nSPS) is 23.9. The highest BCUT2D eigenvalue weighted by molar-refractivity contribution is 8.01. The second kappa shape index (κ2) is 13.8. The van der Waals surface area contributed by atoms with Crippen LogP contribution in [-0.4, -0.2) is 89.4 Å². The molecule has 4 amide bonds. The highest BCUT2D eigenvalue weighted by atomic mass is 32.2. The lowest BCUT2D eigenvalue weighted by Crippen LogP contribution is -2.50. The van der Waals surface area contributed by atoms with E-state index >= 15 is 0 Å². The fourth-order valence-corrected chi connectivity index (χ4v) is 7.30. The Balaban J connectivity index is 1.49. The molecule has 5 atom stereocenters. The lowest BCUT2D eigenvalue weighted by Gasteiger charge is -2.35. The Morgan fingerprint density at radius 1 is 1.21 bits per heavy atom. The molecule has 1 aromatic carbocycles. The lowest BCUT2D eigenvalue weighted by molar-refractivity contribution is -0.135. The van der Waals surface area contributed by atoms with Gasteiger partial charge in [-0.2, -0.15) is 5.26 Å². The summed E-state index contributed by atoms with van der Waals surface area (Å²) in [5.74, 6) is -2.33. The quantitative estimate of drug-likeness (QED) is 0.265. The maximum absolute atomic E-state index is 13.4. The maximum Gasteiger partial charge on any atom is 0.253 e. The van der Waals surface area contributed by atoms with Gasteiger partial charge in [-0.15, -0.1) is 18.3 Å². The fourth-order valence-electron chi connectivity index (χ4n) is 5.47. The average molecular weight is 610 g/mol. The summed E-state index contributed by atoms with van der Waals surface area (Å²) < 4.78 is 0. The number of hydrogen-bond donors (Lipinski definition) is 4. The van der Waals surface area contributed by atoms with Crippen molar-refractivity contribution < 1.29 is 19.2 Å². The van der Waals surface area contributed by atoms with Gasteiger partial charge in [0, 0.05) is 42.5 Å². The monoisotopic (exact) mass is 609 g/mol. The third-order valence-electron chi connectivity index (χ3n) is 8.03. The Hall–Kier alpha value is -3.56. The lowest BCUT2D eigenvalue weighted by atomic mass is 9.95. The molecule has 0 aromatic heterocycles. The number of nitriles is 1. The topological polar surface area (TPSA) is 147 Å². The van der Waals surface area contributed by atoms with Crippen molar-refractivity contribution in [3.63, 3.8) is 0 Å². The number of benzene rings is 1. The molecule has 0 radical (unpaired) electrons. The van der Waals surface area contributed by atoms with E-state index < -0.39 is 22.6 Å². The van der Waals surface area contributed by atoms with Crippen molar-refractivity contribution in [3.8, 4) is 6.07 Å². The summed E-state index contributed by atoms with van der Waals surface area (Å²) in [6.45, 7) is 14.9. The predicted molar refractivity (Wildman–Crippen MR) is 168 cm³/mol. The number of nitrogens with zero attached hydrogens (tertiary/aromatic N) is 3. The van der Waals surface area contributed by atoms with Crippen LogP contribution in [0.25, 0.3) is 0 Å². The molecule has 3 aliphatic rings. The number of fused-ring (bicyclic) bond motifs is 1. The van der Waals surface area contributed by atoms with Gasteiger partial charge in [0.05, 0.1) is 29.3 Å². The molecule has 4 N–H and O–H groups in total. The van der Waals surface area contributed by atoms with Crippen LogP contribution in [0, 0.1) is 28.6 Å². The van der Waals surface area contributed by atoms with E-state index in [9.17, 15) is 24.4 Å². The van der Waals surface area contributed by atoms with Gasteiger partial charge in [0.25, 0.3) is 5.91 Å². The number of thioether (sulfide) groups is 1. The van der Waals surface area contributed by atoms with Crippen molar-refractivity contribution in [1.82, 2.24) is 20.4 Å². The van der Waals surface area contributed by atoms with Gasteiger partial charge in [0.15, 0.2) is 5.92 Å². The Morgan fingerprint density at radius 2 is 1.93 bits per heavy atom. The summed E-state index contributed by atoms with van der Waals surface area (Å²) in [6, 6.07) is 7.06. The SMILES string of the molecule is C=CCNC(=O)C(C#N)C1SC2C(Nc3ccc(C(=O)NCCN4CCCC4)c(NC(=O)C(C)(C)C)c3)C2C(=O)N1CC. The van der Waals surface area contributed by atoms with Gasteiger partial charge in [-0.1, -0.05) is 26.8 Å². The van der Waals surface area contributed by atoms with Crippen LogP contribution in [0.4, 0.5) is 11.4 Å². The Morgan fingerprint density at radius 3 is 2.56 bits per heavy atom. The van der Waals surface area contributed by atoms with Gasteiger partial charge in [-0.05, 0) is 51.1 Å². The van der Waals surface area contributed by atoms with Crippen molar-refractivity contribution in [2.24, 2.45) is 17.3 Å². The molecule has 3 fully saturated rings. The van der Waals surface area contributed by atoms with Gasteiger partial charge in [-0.3, -0.25) is 19.2 Å². The van der Waals surface area contributed by atoms with E-state index in [1.807, 2.05) is 6.92 Å². The minimum atomic E-state index is -1.02. The molecule has 11 nitrogen and oxygen atoms in total. The molecule has 0 bridgehead atoms. The number of anilines is 2. The van der Waals surface area contributed by atoms with Crippen molar-refractivity contribution in [2.75, 3.05) is 49.9 Å². The highest BCUT2D eigenvalue weighted by Gasteiger charge is 2.62. The zero-order valence-electron chi connectivity index (χ0n) is 25.4. The molecule has 4 rings (SSSR count). The van der Waals surface area contributed by atoms with Crippen LogP contribution < -0.4 is 21.3 Å². The number of carbonyl (C=O) groups excluding carboxylic acids is 4. The van der Waals surface area contributed by atoms with E-state index in [2.05, 4.69) is 38.8 Å². The number of rotatable bonds is 12. The summed E-state index contributed by atoms with van der Waals surface area (Å²) in [5.41, 5.74) is 0.742. The zero-order valence-corrected chi connectivity index (χ0v) is 26.3. The van der Waals surface area contributed by atoms with Crippen LogP contribution in [0.3, 0.4) is 0 Å². The number of likely N-dealkylation sites (tertiary alicyclic amines) is 1.